The monoisotopic (exact) mass is 318 g/mol. The van der Waals surface area contributed by atoms with Gasteiger partial charge < -0.3 is 5.73 Å². The van der Waals surface area contributed by atoms with Crippen LogP contribution in [0.2, 0.25) is 0 Å². The number of rotatable bonds is 2. The Morgan fingerprint density at radius 1 is 1.19 bits per heavy atom. The number of hydrogen-bond acceptors (Lipinski definition) is 4. The predicted octanol–water partition coefficient (Wildman–Crippen LogP) is 4.17. The van der Waals surface area contributed by atoms with Crippen molar-refractivity contribution in [3.05, 3.63) is 41.6 Å². The number of hydrogen-bond donors (Lipinski definition) is 1. The van der Waals surface area contributed by atoms with E-state index in [0.717, 1.165) is 22.2 Å². The van der Waals surface area contributed by atoms with Gasteiger partial charge in [-0.15, -0.1) is 0 Å². The van der Waals surface area contributed by atoms with Crippen molar-refractivity contribution in [3.8, 4) is 0 Å². The maximum Gasteiger partial charge on any atom is 0.0705 e. The minimum absolute atomic E-state index is 0.100. The van der Waals surface area contributed by atoms with Crippen LogP contribution in [-0.2, 0) is 0 Å². The van der Waals surface area contributed by atoms with Crippen molar-refractivity contribution < 1.29 is 0 Å². The van der Waals surface area contributed by atoms with E-state index in [1.807, 2.05) is 30.4 Å². The molecule has 4 unspecified atom stereocenters. The summed E-state index contributed by atoms with van der Waals surface area (Å²) in [6.45, 7) is 6.65. The van der Waals surface area contributed by atoms with Gasteiger partial charge in [0.15, 0.2) is 0 Å². The average Bonchev–Trinajstić information content (AvgIpc) is 2.49. The molecule has 0 amide bonds. The van der Waals surface area contributed by atoms with Crippen LogP contribution in [0.5, 0.6) is 0 Å². The van der Waals surface area contributed by atoms with E-state index in [9.17, 15) is 0 Å². The second-order valence-electron chi connectivity index (χ2n) is 5.85. The molecule has 2 nitrogen and oxygen atoms in total. The molecular weight excluding hydrogens is 296 g/mol. The van der Waals surface area contributed by atoms with Gasteiger partial charge in [0.25, 0.3) is 0 Å². The highest BCUT2D eigenvalue weighted by molar-refractivity contribution is 8.07. The first-order valence-electron chi connectivity index (χ1n) is 7.44. The van der Waals surface area contributed by atoms with Crippen molar-refractivity contribution >= 4 is 34.4 Å². The minimum atomic E-state index is 0.100. The summed E-state index contributed by atoms with van der Waals surface area (Å²) >= 11 is 4.09. The quantitative estimate of drug-likeness (QED) is 0.902. The Kier molecular flexibility index (Phi) is 4.48. The molecule has 4 heteroatoms. The summed E-state index contributed by atoms with van der Waals surface area (Å²) in [5, 5.41) is 3.08. The number of fused-ring (bicyclic) bond motifs is 1. The normalized spacial score (nSPS) is 27.7. The van der Waals surface area contributed by atoms with Crippen molar-refractivity contribution in [1.29, 1.82) is 0 Å². The van der Waals surface area contributed by atoms with Gasteiger partial charge in [-0.05, 0) is 30.7 Å². The van der Waals surface area contributed by atoms with Crippen LogP contribution in [0.1, 0.15) is 31.1 Å². The third kappa shape index (κ3) is 3.22. The van der Waals surface area contributed by atoms with Gasteiger partial charge in [-0.1, -0.05) is 26.0 Å². The number of benzene rings is 1. The molecule has 21 heavy (non-hydrogen) atoms. The van der Waals surface area contributed by atoms with Gasteiger partial charge in [-0.25, -0.2) is 0 Å². The summed E-state index contributed by atoms with van der Waals surface area (Å²) in [4.78, 5) is 4.56. The molecule has 2 N–H and O–H groups in total. The second kappa shape index (κ2) is 6.19. The molecule has 1 fully saturated rings. The standard InChI is InChI=1S/C17H22N2S2/c1-10-4-5-13-8-14(6-7-15(13)19-10)17(18)16-9-20-11(2)12(3)21-16/h4-8,11-12,16-17H,9,18H2,1-3H3. The SMILES string of the molecule is Cc1ccc2cc(C(N)C3CSC(C)C(C)S3)ccc2n1. The lowest BCUT2D eigenvalue weighted by atomic mass is 10.0. The van der Waals surface area contributed by atoms with E-state index in [1.165, 1.54) is 10.9 Å². The van der Waals surface area contributed by atoms with Crippen LogP contribution in [0, 0.1) is 6.92 Å². The van der Waals surface area contributed by atoms with Crippen LogP contribution >= 0.6 is 23.5 Å². The predicted molar refractivity (Wildman–Crippen MR) is 96.2 cm³/mol. The Balaban J connectivity index is 1.84. The zero-order valence-electron chi connectivity index (χ0n) is 12.7. The van der Waals surface area contributed by atoms with Crippen molar-refractivity contribution in [2.45, 2.75) is 42.6 Å². The Labute approximate surface area is 135 Å². The molecule has 4 atom stereocenters. The second-order valence-corrected chi connectivity index (χ2v) is 8.88. The number of aryl methyl sites for hydroxylation is 1. The molecule has 2 aromatic rings. The maximum absolute atomic E-state index is 6.54. The topological polar surface area (TPSA) is 38.9 Å². The fourth-order valence-corrected chi connectivity index (χ4v) is 5.71. The van der Waals surface area contributed by atoms with Gasteiger partial charge in [0.2, 0.25) is 0 Å². The van der Waals surface area contributed by atoms with E-state index in [1.54, 1.807) is 0 Å². The Morgan fingerprint density at radius 2 is 2.00 bits per heavy atom. The van der Waals surface area contributed by atoms with Gasteiger partial charge in [-0.2, -0.15) is 23.5 Å². The lowest BCUT2D eigenvalue weighted by Gasteiger charge is -2.34. The van der Waals surface area contributed by atoms with Gasteiger partial charge in [0, 0.05) is 38.6 Å². The highest BCUT2D eigenvalue weighted by Crippen LogP contribution is 2.40. The van der Waals surface area contributed by atoms with Gasteiger partial charge in [-0.3, -0.25) is 4.98 Å². The van der Waals surface area contributed by atoms with Gasteiger partial charge in [0.1, 0.15) is 0 Å². The number of aromatic nitrogens is 1. The third-order valence-electron chi connectivity index (χ3n) is 4.21. The minimum Gasteiger partial charge on any atom is -0.323 e. The van der Waals surface area contributed by atoms with Gasteiger partial charge >= 0.3 is 0 Å². The van der Waals surface area contributed by atoms with Crippen LogP contribution in [0.4, 0.5) is 0 Å². The first-order chi connectivity index (χ1) is 10.0. The van der Waals surface area contributed by atoms with Crippen LogP contribution in [0.25, 0.3) is 10.9 Å². The molecular formula is C17H22N2S2. The highest BCUT2D eigenvalue weighted by atomic mass is 32.2. The van der Waals surface area contributed by atoms with Crippen molar-refractivity contribution in [2.24, 2.45) is 5.73 Å². The number of nitrogens with zero attached hydrogens (tertiary/aromatic N) is 1. The molecule has 112 valence electrons. The molecule has 1 aromatic heterocycles. The van der Waals surface area contributed by atoms with E-state index in [0.29, 0.717) is 10.5 Å². The van der Waals surface area contributed by atoms with Crippen molar-refractivity contribution in [1.82, 2.24) is 4.98 Å². The van der Waals surface area contributed by atoms with E-state index in [4.69, 9.17) is 5.73 Å². The third-order valence-corrected chi connectivity index (χ3v) is 7.73. The summed E-state index contributed by atoms with van der Waals surface area (Å²) in [6.07, 6.45) is 0. The number of pyridine rings is 1. The first-order valence-corrected chi connectivity index (χ1v) is 9.43. The van der Waals surface area contributed by atoms with E-state index in [2.05, 4.69) is 49.2 Å². The molecule has 1 aliphatic rings. The zero-order chi connectivity index (χ0) is 15.0. The largest absolute Gasteiger partial charge is 0.323 e. The smallest absolute Gasteiger partial charge is 0.0705 e. The van der Waals surface area contributed by atoms with Crippen LogP contribution in [0.15, 0.2) is 30.3 Å². The van der Waals surface area contributed by atoms with Crippen LogP contribution in [0.3, 0.4) is 0 Å². The summed E-state index contributed by atoms with van der Waals surface area (Å²) < 4.78 is 0. The summed E-state index contributed by atoms with van der Waals surface area (Å²) in [7, 11) is 0. The highest BCUT2D eigenvalue weighted by Gasteiger charge is 2.30. The first kappa shape index (κ1) is 15.2. The lowest BCUT2D eigenvalue weighted by Crippen LogP contribution is -2.34. The average molecular weight is 319 g/mol. The molecule has 1 saturated heterocycles. The molecule has 0 saturated carbocycles. The molecule has 0 spiro atoms. The maximum atomic E-state index is 6.54. The van der Waals surface area contributed by atoms with Crippen molar-refractivity contribution in [3.63, 3.8) is 0 Å². The lowest BCUT2D eigenvalue weighted by molar-refractivity contribution is 0.708. The van der Waals surface area contributed by atoms with E-state index < -0.39 is 0 Å². The molecule has 2 heterocycles. The van der Waals surface area contributed by atoms with E-state index in [-0.39, 0.29) is 6.04 Å². The Hall–Kier alpha value is -0.710. The molecule has 0 bridgehead atoms. The van der Waals surface area contributed by atoms with E-state index >= 15 is 0 Å². The number of thioether (sulfide) groups is 2. The Morgan fingerprint density at radius 3 is 2.76 bits per heavy atom. The molecule has 0 radical (unpaired) electrons. The van der Waals surface area contributed by atoms with Crippen LogP contribution in [-0.4, -0.2) is 26.5 Å². The zero-order valence-corrected chi connectivity index (χ0v) is 14.4. The number of nitrogens with two attached hydrogens (primary N) is 1. The summed E-state index contributed by atoms with van der Waals surface area (Å²) in [5.41, 5.74) is 9.88. The fraction of sp³-hybridized carbons (Fsp3) is 0.471. The van der Waals surface area contributed by atoms with Crippen LogP contribution < -0.4 is 5.73 Å². The summed E-state index contributed by atoms with van der Waals surface area (Å²) in [6, 6.07) is 10.8. The van der Waals surface area contributed by atoms with Crippen molar-refractivity contribution in [2.75, 3.05) is 5.75 Å². The molecule has 0 aliphatic carbocycles. The van der Waals surface area contributed by atoms with Gasteiger partial charge in [0.05, 0.1) is 5.52 Å². The molecule has 1 aliphatic heterocycles. The fourth-order valence-electron chi connectivity index (χ4n) is 2.66. The molecule has 3 rings (SSSR count). The summed E-state index contributed by atoms with van der Waals surface area (Å²) in [5.74, 6) is 1.14. The Bertz CT molecular complexity index is 644. The molecule has 1 aromatic carbocycles.